The topological polar surface area (TPSA) is 49.0 Å². The van der Waals surface area contributed by atoms with E-state index in [0.29, 0.717) is 37.0 Å². The summed E-state index contributed by atoms with van der Waals surface area (Å²) in [5.74, 6) is 2.81. The molecule has 0 atom stereocenters. The lowest BCUT2D eigenvalue weighted by molar-refractivity contribution is 0.204. The lowest BCUT2D eigenvalue weighted by Crippen LogP contribution is -2.13. The molecule has 0 saturated heterocycles. The Morgan fingerprint density at radius 1 is 0.917 bits per heavy atom. The first kappa shape index (κ1) is 18.4. The molecule has 5 nitrogen and oxygen atoms in total. The zero-order chi connectivity index (χ0) is 17.4. The smallest absolute Gasteiger partial charge is 0.165 e. The molecule has 0 saturated carbocycles. The second kappa shape index (κ2) is 9.39. The van der Waals surface area contributed by atoms with Gasteiger partial charge >= 0.3 is 0 Å². The van der Waals surface area contributed by atoms with E-state index in [4.69, 9.17) is 18.9 Å². The molecule has 0 aliphatic carbocycles. The SMILES string of the molecule is CNCc1cc(Br)cc(OC)c1OCCOc1ccccc1OC. The molecular formula is C18H22BrNO4. The third kappa shape index (κ3) is 4.79. The van der Waals surface area contributed by atoms with Crippen molar-refractivity contribution in [2.24, 2.45) is 0 Å². The number of hydrogen-bond donors (Lipinski definition) is 1. The number of para-hydroxylation sites is 2. The van der Waals surface area contributed by atoms with Gasteiger partial charge in [-0.25, -0.2) is 0 Å². The summed E-state index contributed by atoms with van der Waals surface area (Å²) < 4.78 is 23.3. The van der Waals surface area contributed by atoms with Crippen LogP contribution in [-0.4, -0.2) is 34.5 Å². The van der Waals surface area contributed by atoms with Crippen LogP contribution in [0.5, 0.6) is 23.0 Å². The molecule has 0 radical (unpaired) electrons. The van der Waals surface area contributed by atoms with Crippen LogP contribution in [0.2, 0.25) is 0 Å². The molecule has 2 aromatic carbocycles. The maximum atomic E-state index is 5.91. The predicted octanol–water partition coefficient (Wildman–Crippen LogP) is 3.64. The molecule has 0 aliphatic rings. The van der Waals surface area contributed by atoms with E-state index < -0.39 is 0 Å². The number of nitrogens with one attached hydrogen (secondary N) is 1. The Kier molecular flexibility index (Phi) is 7.21. The summed E-state index contributed by atoms with van der Waals surface area (Å²) in [7, 11) is 5.14. The average molecular weight is 396 g/mol. The van der Waals surface area contributed by atoms with E-state index in [2.05, 4.69) is 21.2 Å². The summed E-state index contributed by atoms with van der Waals surface area (Å²) in [5, 5.41) is 3.13. The van der Waals surface area contributed by atoms with Crippen LogP contribution in [0.3, 0.4) is 0 Å². The highest BCUT2D eigenvalue weighted by Crippen LogP contribution is 2.35. The molecule has 0 bridgehead atoms. The van der Waals surface area contributed by atoms with Crippen LogP contribution >= 0.6 is 15.9 Å². The van der Waals surface area contributed by atoms with E-state index in [1.807, 2.05) is 43.4 Å². The molecule has 130 valence electrons. The molecule has 24 heavy (non-hydrogen) atoms. The Morgan fingerprint density at radius 2 is 1.58 bits per heavy atom. The highest BCUT2D eigenvalue weighted by Gasteiger charge is 2.12. The van der Waals surface area contributed by atoms with Crippen LogP contribution in [0.4, 0.5) is 0 Å². The number of rotatable bonds is 9. The summed E-state index contributed by atoms with van der Waals surface area (Å²) in [5.41, 5.74) is 1.01. The minimum absolute atomic E-state index is 0.396. The third-order valence-corrected chi connectivity index (χ3v) is 3.80. The van der Waals surface area contributed by atoms with Crippen molar-refractivity contribution in [3.8, 4) is 23.0 Å². The number of ether oxygens (including phenoxy) is 4. The molecule has 6 heteroatoms. The van der Waals surface area contributed by atoms with Crippen molar-refractivity contribution in [3.63, 3.8) is 0 Å². The molecular weight excluding hydrogens is 374 g/mol. The van der Waals surface area contributed by atoms with Gasteiger partial charge in [0.25, 0.3) is 0 Å². The van der Waals surface area contributed by atoms with E-state index in [1.165, 1.54) is 0 Å². The first-order valence-corrected chi connectivity index (χ1v) is 8.38. The quantitative estimate of drug-likeness (QED) is 0.656. The number of halogens is 1. The second-order valence-electron chi connectivity index (χ2n) is 4.97. The molecule has 2 rings (SSSR count). The average Bonchev–Trinajstić information content (AvgIpc) is 2.60. The maximum absolute atomic E-state index is 5.91. The van der Waals surface area contributed by atoms with Crippen LogP contribution in [-0.2, 0) is 6.54 Å². The van der Waals surface area contributed by atoms with Crippen LogP contribution < -0.4 is 24.3 Å². The minimum Gasteiger partial charge on any atom is -0.493 e. The van der Waals surface area contributed by atoms with Crippen LogP contribution in [0.1, 0.15) is 5.56 Å². The van der Waals surface area contributed by atoms with E-state index in [9.17, 15) is 0 Å². The molecule has 0 aliphatic heterocycles. The highest BCUT2D eigenvalue weighted by molar-refractivity contribution is 9.10. The predicted molar refractivity (Wildman–Crippen MR) is 97.4 cm³/mol. The van der Waals surface area contributed by atoms with Gasteiger partial charge in [0.05, 0.1) is 14.2 Å². The van der Waals surface area contributed by atoms with E-state index in [0.717, 1.165) is 15.8 Å². The van der Waals surface area contributed by atoms with Crippen molar-refractivity contribution in [1.82, 2.24) is 5.32 Å². The van der Waals surface area contributed by atoms with Crippen molar-refractivity contribution in [2.75, 3.05) is 34.5 Å². The van der Waals surface area contributed by atoms with Gasteiger partial charge in [0.2, 0.25) is 0 Å². The normalized spacial score (nSPS) is 10.3. The van der Waals surface area contributed by atoms with Gasteiger partial charge in [0.15, 0.2) is 23.0 Å². The molecule has 0 heterocycles. The van der Waals surface area contributed by atoms with Crippen molar-refractivity contribution < 1.29 is 18.9 Å². The van der Waals surface area contributed by atoms with Crippen LogP contribution in [0, 0.1) is 0 Å². The lowest BCUT2D eigenvalue weighted by Gasteiger charge is -2.16. The van der Waals surface area contributed by atoms with E-state index in [-0.39, 0.29) is 0 Å². The first-order chi connectivity index (χ1) is 11.7. The standard InChI is InChI=1S/C18H22BrNO4/c1-20-12-13-10-14(19)11-17(22-3)18(13)24-9-8-23-16-7-5-4-6-15(16)21-2/h4-7,10-11,20H,8-9,12H2,1-3H3. The number of benzene rings is 2. The molecule has 0 amide bonds. The van der Waals surface area contributed by atoms with Crippen molar-refractivity contribution in [2.45, 2.75) is 6.54 Å². The van der Waals surface area contributed by atoms with Gasteiger partial charge in [0.1, 0.15) is 13.2 Å². The molecule has 0 spiro atoms. The second-order valence-corrected chi connectivity index (χ2v) is 5.89. The molecule has 0 aromatic heterocycles. The van der Waals surface area contributed by atoms with Crippen molar-refractivity contribution in [1.29, 1.82) is 0 Å². The molecule has 0 unspecified atom stereocenters. The fourth-order valence-corrected chi connectivity index (χ4v) is 2.78. The summed E-state index contributed by atoms with van der Waals surface area (Å²) in [4.78, 5) is 0. The Bertz CT molecular complexity index is 663. The van der Waals surface area contributed by atoms with Gasteiger partial charge in [-0.05, 0) is 31.3 Å². The maximum Gasteiger partial charge on any atom is 0.165 e. The van der Waals surface area contributed by atoms with Gasteiger partial charge in [0, 0.05) is 16.6 Å². The molecule has 1 N–H and O–H groups in total. The lowest BCUT2D eigenvalue weighted by atomic mass is 10.2. The van der Waals surface area contributed by atoms with Crippen LogP contribution in [0.15, 0.2) is 40.9 Å². The number of hydrogen-bond acceptors (Lipinski definition) is 5. The zero-order valence-corrected chi connectivity index (χ0v) is 15.7. The van der Waals surface area contributed by atoms with E-state index >= 15 is 0 Å². The van der Waals surface area contributed by atoms with Gasteiger partial charge in [-0.1, -0.05) is 28.1 Å². The zero-order valence-electron chi connectivity index (χ0n) is 14.1. The Labute approximate surface area is 151 Å². The summed E-state index contributed by atoms with van der Waals surface area (Å²) >= 11 is 3.48. The summed E-state index contributed by atoms with van der Waals surface area (Å²) in [6.45, 7) is 1.48. The number of methoxy groups -OCH3 is 2. The van der Waals surface area contributed by atoms with Gasteiger partial charge in [-0.3, -0.25) is 0 Å². The monoisotopic (exact) mass is 395 g/mol. The summed E-state index contributed by atoms with van der Waals surface area (Å²) in [6.07, 6.45) is 0. The van der Waals surface area contributed by atoms with Crippen molar-refractivity contribution in [3.05, 3.63) is 46.4 Å². The largest absolute Gasteiger partial charge is 0.493 e. The van der Waals surface area contributed by atoms with Crippen LogP contribution in [0.25, 0.3) is 0 Å². The van der Waals surface area contributed by atoms with Gasteiger partial charge in [-0.15, -0.1) is 0 Å². The fourth-order valence-electron chi connectivity index (χ4n) is 2.29. The first-order valence-electron chi connectivity index (χ1n) is 7.59. The van der Waals surface area contributed by atoms with Gasteiger partial charge < -0.3 is 24.3 Å². The minimum atomic E-state index is 0.396. The Hall–Kier alpha value is -1.92. The molecule has 0 fully saturated rings. The van der Waals surface area contributed by atoms with E-state index in [1.54, 1.807) is 14.2 Å². The highest BCUT2D eigenvalue weighted by atomic mass is 79.9. The Balaban J connectivity index is 2.01. The summed E-state index contributed by atoms with van der Waals surface area (Å²) in [6, 6.07) is 11.4. The Morgan fingerprint density at radius 3 is 2.25 bits per heavy atom. The third-order valence-electron chi connectivity index (χ3n) is 3.34. The van der Waals surface area contributed by atoms with Gasteiger partial charge in [-0.2, -0.15) is 0 Å². The molecule has 2 aromatic rings. The fraction of sp³-hybridized carbons (Fsp3) is 0.333. The van der Waals surface area contributed by atoms with Crippen molar-refractivity contribution >= 4 is 15.9 Å².